The van der Waals surface area contributed by atoms with Gasteiger partial charge in [-0.25, -0.2) is 4.98 Å². The van der Waals surface area contributed by atoms with Crippen LogP contribution in [-0.2, 0) is 11.2 Å². The largest absolute Gasteiger partial charge is 0.352 e. The average Bonchev–Trinajstić information content (AvgIpc) is 3.31. The molecule has 2 aromatic heterocycles. The van der Waals surface area contributed by atoms with Crippen molar-refractivity contribution in [3.63, 3.8) is 0 Å². The Bertz CT molecular complexity index is 917. The van der Waals surface area contributed by atoms with Crippen LogP contribution in [0.1, 0.15) is 29.9 Å². The molecule has 0 bridgehead atoms. The maximum Gasteiger partial charge on any atom is 0.253 e. The molecule has 3 aromatic rings. The van der Waals surface area contributed by atoms with Gasteiger partial charge in [-0.05, 0) is 29.5 Å². The van der Waals surface area contributed by atoms with Crippen LogP contribution in [0.2, 0.25) is 0 Å². The van der Waals surface area contributed by atoms with Gasteiger partial charge in [0.25, 0.3) is 5.91 Å². The van der Waals surface area contributed by atoms with E-state index in [4.69, 9.17) is 0 Å². The molecule has 0 fully saturated rings. The molecule has 2 N–H and O–H groups in total. The highest BCUT2D eigenvalue weighted by molar-refractivity contribution is 7.20. The zero-order valence-electron chi connectivity index (χ0n) is 15.2. The Morgan fingerprint density at radius 2 is 1.93 bits per heavy atom. The van der Waals surface area contributed by atoms with Crippen LogP contribution in [-0.4, -0.2) is 23.3 Å². The second-order valence-electron chi connectivity index (χ2n) is 6.50. The van der Waals surface area contributed by atoms with Crippen molar-refractivity contribution in [1.29, 1.82) is 0 Å². The van der Waals surface area contributed by atoms with Gasteiger partial charge in [-0.1, -0.05) is 32.0 Å². The number of thiazole rings is 1. The first-order chi connectivity index (χ1) is 13.0. The lowest BCUT2D eigenvalue weighted by Crippen LogP contribution is -2.28. The van der Waals surface area contributed by atoms with Gasteiger partial charge in [0.2, 0.25) is 5.91 Å². The Balaban J connectivity index is 1.65. The summed E-state index contributed by atoms with van der Waals surface area (Å²) in [5, 5.41) is 10.5. The number of carbonyl (C=O) groups is 2. The molecular formula is C20H21N3O2S2. The summed E-state index contributed by atoms with van der Waals surface area (Å²) in [6.07, 6.45) is 0.170. The fraction of sp³-hybridized carbons (Fsp3) is 0.250. The van der Waals surface area contributed by atoms with Crippen molar-refractivity contribution in [2.24, 2.45) is 5.92 Å². The minimum absolute atomic E-state index is 0.170. The molecule has 0 saturated heterocycles. The first kappa shape index (κ1) is 19.3. The van der Waals surface area contributed by atoms with E-state index in [1.165, 1.54) is 11.3 Å². The lowest BCUT2D eigenvalue weighted by atomic mass is 10.1. The van der Waals surface area contributed by atoms with E-state index in [1.807, 2.05) is 36.7 Å². The minimum Gasteiger partial charge on any atom is -0.352 e. The molecule has 2 amide bonds. The first-order valence-corrected chi connectivity index (χ1v) is 10.4. The summed E-state index contributed by atoms with van der Waals surface area (Å²) >= 11 is 3.15. The number of thiophene rings is 1. The number of para-hydroxylation sites is 1. The van der Waals surface area contributed by atoms with Crippen molar-refractivity contribution >= 4 is 40.2 Å². The number of benzene rings is 1. The third-order valence-electron chi connectivity index (χ3n) is 3.74. The fourth-order valence-corrected chi connectivity index (χ4v) is 4.08. The van der Waals surface area contributed by atoms with Gasteiger partial charge in [0.15, 0.2) is 0 Å². The molecule has 140 valence electrons. The molecule has 1 aromatic carbocycles. The highest BCUT2D eigenvalue weighted by atomic mass is 32.1. The Morgan fingerprint density at radius 3 is 2.67 bits per heavy atom. The molecule has 0 aliphatic carbocycles. The molecule has 3 rings (SSSR count). The van der Waals surface area contributed by atoms with Gasteiger partial charge in [-0.15, -0.1) is 22.7 Å². The van der Waals surface area contributed by atoms with Crippen LogP contribution in [0.25, 0.3) is 9.88 Å². The van der Waals surface area contributed by atoms with Gasteiger partial charge < -0.3 is 10.6 Å². The molecule has 0 unspecified atom stereocenters. The van der Waals surface area contributed by atoms with E-state index < -0.39 is 0 Å². The molecular weight excluding hydrogens is 378 g/mol. The second-order valence-corrected chi connectivity index (χ2v) is 8.30. The topological polar surface area (TPSA) is 71.1 Å². The highest BCUT2D eigenvalue weighted by Gasteiger charge is 2.15. The van der Waals surface area contributed by atoms with E-state index >= 15 is 0 Å². The zero-order valence-corrected chi connectivity index (χ0v) is 16.8. The summed E-state index contributed by atoms with van der Waals surface area (Å²) in [6, 6.07) is 11.0. The van der Waals surface area contributed by atoms with E-state index in [0.29, 0.717) is 23.7 Å². The van der Waals surface area contributed by atoms with Crippen molar-refractivity contribution in [2.45, 2.75) is 20.3 Å². The smallest absolute Gasteiger partial charge is 0.253 e. The van der Waals surface area contributed by atoms with E-state index in [-0.39, 0.29) is 18.2 Å². The monoisotopic (exact) mass is 399 g/mol. The maximum absolute atomic E-state index is 12.4. The van der Waals surface area contributed by atoms with Gasteiger partial charge in [-0.2, -0.15) is 0 Å². The zero-order chi connectivity index (χ0) is 19.2. The van der Waals surface area contributed by atoms with E-state index in [0.717, 1.165) is 15.6 Å². The predicted octanol–water partition coefficient (Wildman–Crippen LogP) is 4.44. The number of hydrogen-bond donors (Lipinski definition) is 2. The number of amides is 2. The number of anilines is 1. The summed E-state index contributed by atoms with van der Waals surface area (Å²) < 4.78 is 0. The molecule has 0 aliphatic heterocycles. The summed E-state index contributed by atoms with van der Waals surface area (Å²) in [6.45, 7) is 4.66. The molecule has 7 heteroatoms. The van der Waals surface area contributed by atoms with Crippen LogP contribution in [0.4, 0.5) is 5.69 Å². The number of carbonyl (C=O) groups excluding carboxylic acids is 2. The Hall–Kier alpha value is -2.51. The van der Waals surface area contributed by atoms with Crippen molar-refractivity contribution in [3.05, 3.63) is 58.4 Å². The van der Waals surface area contributed by atoms with Gasteiger partial charge in [0.05, 0.1) is 28.2 Å². The molecule has 2 heterocycles. The summed E-state index contributed by atoms with van der Waals surface area (Å²) in [4.78, 5) is 30.4. The fourth-order valence-electron chi connectivity index (χ4n) is 2.44. The van der Waals surface area contributed by atoms with Gasteiger partial charge in [0, 0.05) is 11.9 Å². The molecule has 5 nitrogen and oxygen atoms in total. The number of nitrogens with zero attached hydrogens (tertiary/aromatic N) is 1. The van der Waals surface area contributed by atoms with Crippen molar-refractivity contribution in [1.82, 2.24) is 10.3 Å². The third kappa shape index (κ3) is 5.24. The second kappa shape index (κ2) is 8.92. The van der Waals surface area contributed by atoms with Crippen LogP contribution in [0.15, 0.2) is 47.2 Å². The van der Waals surface area contributed by atoms with Crippen LogP contribution in [0.3, 0.4) is 0 Å². The Morgan fingerprint density at radius 1 is 1.11 bits per heavy atom. The SMILES string of the molecule is CC(C)CNC(=O)c1ccccc1NC(=O)Cc1csc(-c2cccs2)n1. The minimum atomic E-state index is -0.192. The number of rotatable bonds is 7. The van der Waals surface area contributed by atoms with Gasteiger partial charge in [0.1, 0.15) is 5.01 Å². The average molecular weight is 400 g/mol. The summed E-state index contributed by atoms with van der Waals surface area (Å²) in [5.74, 6) is -0.0201. The molecule has 0 saturated carbocycles. The Labute approximate surface area is 166 Å². The summed E-state index contributed by atoms with van der Waals surface area (Å²) in [5.41, 5.74) is 1.70. The van der Waals surface area contributed by atoms with Crippen LogP contribution in [0.5, 0.6) is 0 Å². The quantitative estimate of drug-likeness (QED) is 0.617. The van der Waals surface area contributed by atoms with Crippen LogP contribution in [0, 0.1) is 5.92 Å². The summed E-state index contributed by atoms with van der Waals surface area (Å²) in [7, 11) is 0. The van der Waals surface area contributed by atoms with E-state index in [1.54, 1.807) is 35.6 Å². The van der Waals surface area contributed by atoms with Crippen molar-refractivity contribution in [2.75, 3.05) is 11.9 Å². The van der Waals surface area contributed by atoms with Crippen molar-refractivity contribution < 1.29 is 9.59 Å². The van der Waals surface area contributed by atoms with Gasteiger partial charge in [-0.3, -0.25) is 9.59 Å². The van der Waals surface area contributed by atoms with Crippen LogP contribution >= 0.6 is 22.7 Å². The molecule has 0 atom stereocenters. The molecule has 27 heavy (non-hydrogen) atoms. The normalized spacial score (nSPS) is 10.8. The van der Waals surface area contributed by atoms with E-state index in [2.05, 4.69) is 15.6 Å². The number of aromatic nitrogens is 1. The lowest BCUT2D eigenvalue weighted by Gasteiger charge is -2.12. The standard InChI is InChI=1S/C20H21N3O2S2/c1-13(2)11-21-19(25)15-6-3-4-7-16(15)23-18(24)10-14-12-27-20(22-14)17-8-5-9-26-17/h3-9,12-13H,10-11H2,1-2H3,(H,21,25)(H,23,24). The predicted molar refractivity (Wildman–Crippen MR) is 111 cm³/mol. The molecule has 0 spiro atoms. The first-order valence-electron chi connectivity index (χ1n) is 8.68. The van der Waals surface area contributed by atoms with E-state index in [9.17, 15) is 9.59 Å². The third-order valence-corrected chi connectivity index (χ3v) is 5.67. The highest BCUT2D eigenvalue weighted by Crippen LogP contribution is 2.28. The number of hydrogen-bond acceptors (Lipinski definition) is 5. The van der Waals surface area contributed by atoms with Crippen LogP contribution < -0.4 is 10.6 Å². The van der Waals surface area contributed by atoms with Gasteiger partial charge >= 0.3 is 0 Å². The molecule has 0 aliphatic rings. The maximum atomic E-state index is 12.4. The Kier molecular flexibility index (Phi) is 6.36. The number of nitrogens with one attached hydrogen (secondary N) is 2. The van der Waals surface area contributed by atoms with Crippen molar-refractivity contribution in [3.8, 4) is 9.88 Å². The molecule has 0 radical (unpaired) electrons. The lowest BCUT2D eigenvalue weighted by molar-refractivity contribution is -0.115.